The summed E-state index contributed by atoms with van der Waals surface area (Å²) >= 11 is 0. The molecule has 63 heavy (non-hydrogen) atoms. The third kappa shape index (κ3) is 5.53. The fourth-order valence-electron chi connectivity index (χ4n) is 10.2. The normalized spacial score (nSPS) is 11.8. The number of rotatable bonds is 5. The van der Waals surface area contributed by atoms with Crippen molar-refractivity contribution < 1.29 is 0 Å². The number of nitrogens with zero attached hydrogens (tertiary/aromatic N) is 3. The minimum Gasteiger partial charge on any atom is -0.309 e. The zero-order chi connectivity index (χ0) is 41.4. The molecule has 0 aliphatic rings. The van der Waals surface area contributed by atoms with Crippen molar-refractivity contribution in [1.29, 1.82) is 0 Å². The molecular formula is C60H37N3. The van der Waals surface area contributed by atoms with Crippen molar-refractivity contribution in [2.24, 2.45) is 0 Å². The van der Waals surface area contributed by atoms with Gasteiger partial charge < -0.3 is 4.57 Å². The van der Waals surface area contributed by atoms with Gasteiger partial charge in [-0.1, -0.05) is 188 Å². The lowest BCUT2D eigenvalue weighted by Gasteiger charge is -2.15. The minimum atomic E-state index is 0.859. The molecular weight excluding hydrogens is 763 g/mol. The average Bonchev–Trinajstić information content (AvgIpc) is 3.69. The van der Waals surface area contributed by atoms with E-state index in [4.69, 9.17) is 9.97 Å². The summed E-state index contributed by atoms with van der Waals surface area (Å²) in [5, 5.41) is 12.0. The number of para-hydroxylation sites is 2. The van der Waals surface area contributed by atoms with Gasteiger partial charge >= 0.3 is 0 Å². The first-order chi connectivity index (χ1) is 31.3. The molecule has 0 saturated carbocycles. The average molecular weight is 800 g/mol. The fraction of sp³-hybridized carbons (Fsp3) is 0. The van der Waals surface area contributed by atoms with Crippen LogP contribution >= 0.6 is 0 Å². The first kappa shape index (κ1) is 35.4. The predicted molar refractivity (Wildman–Crippen MR) is 266 cm³/mol. The fourth-order valence-corrected chi connectivity index (χ4v) is 10.2. The Morgan fingerprint density at radius 2 is 0.762 bits per heavy atom. The molecule has 0 aliphatic carbocycles. The van der Waals surface area contributed by atoms with E-state index in [0.29, 0.717) is 0 Å². The van der Waals surface area contributed by atoms with Gasteiger partial charge in [0, 0.05) is 32.8 Å². The topological polar surface area (TPSA) is 30.7 Å². The van der Waals surface area contributed by atoms with E-state index in [1.807, 2.05) is 6.20 Å². The monoisotopic (exact) mass is 799 g/mol. The van der Waals surface area contributed by atoms with Gasteiger partial charge in [-0.2, -0.15) is 0 Å². The Morgan fingerprint density at radius 1 is 0.286 bits per heavy atom. The minimum absolute atomic E-state index is 0.859. The Bertz CT molecular complexity index is 3940. The van der Waals surface area contributed by atoms with Crippen molar-refractivity contribution in [1.82, 2.24) is 14.5 Å². The van der Waals surface area contributed by atoms with Crippen molar-refractivity contribution >= 4 is 75.9 Å². The number of fused-ring (bicyclic) bond motifs is 11. The highest BCUT2D eigenvalue weighted by molar-refractivity contribution is 6.23. The van der Waals surface area contributed by atoms with Gasteiger partial charge in [0.05, 0.1) is 34.0 Å². The first-order valence-corrected chi connectivity index (χ1v) is 21.6. The van der Waals surface area contributed by atoms with Crippen molar-refractivity contribution in [3.8, 4) is 50.3 Å². The Kier molecular flexibility index (Phi) is 7.91. The Hall–Kier alpha value is -8.40. The second-order valence-corrected chi connectivity index (χ2v) is 16.5. The smallest absolute Gasteiger partial charge is 0.0979 e. The van der Waals surface area contributed by atoms with Gasteiger partial charge in [0.25, 0.3) is 0 Å². The molecule has 0 amide bonds. The van der Waals surface area contributed by atoms with E-state index in [-0.39, 0.29) is 0 Å². The number of hydrogen-bond donors (Lipinski definition) is 0. The van der Waals surface area contributed by atoms with Crippen LogP contribution in [0.3, 0.4) is 0 Å². The van der Waals surface area contributed by atoms with E-state index in [1.165, 1.54) is 81.9 Å². The summed E-state index contributed by atoms with van der Waals surface area (Å²) in [7, 11) is 0. The maximum atomic E-state index is 5.31. The zero-order valence-corrected chi connectivity index (χ0v) is 34.2. The van der Waals surface area contributed by atoms with Gasteiger partial charge in [-0.25, -0.2) is 4.98 Å². The highest BCUT2D eigenvalue weighted by Crippen LogP contribution is 2.42. The van der Waals surface area contributed by atoms with Crippen molar-refractivity contribution in [2.75, 3.05) is 0 Å². The summed E-state index contributed by atoms with van der Waals surface area (Å²) in [5.41, 5.74) is 14.5. The standard InChI is InChI=1S/C60H37N3/c1-2-17-41(18-3-1)63-57-32-9-8-21-52(57)53-34-33-39(36-58(53)63)43-25-12-29-47-45(43)27-14-31-49(47)48-30-13-26-44-42(24-11-28-46(44)48)38-15-10-16-40(35-38)56-37-61-59-54-22-6-4-19-50(54)51-20-5-7-23-55(51)60(59)62-56/h1-37H. The number of hydrogen-bond acceptors (Lipinski definition) is 2. The first-order valence-electron chi connectivity index (χ1n) is 21.6. The summed E-state index contributed by atoms with van der Waals surface area (Å²) in [6.45, 7) is 0. The van der Waals surface area contributed by atoms with E-state index >= 15 is 0 Å². The van der Waals surface area contributed by atoms with E-state index in [1.54, 1.807) is 0 Å². The lowest BCUT2D eigenvalue weighted by molar-refractivity contribution is 1.18. The summed E-state index contributed by atoms with van der Waals surface area (Å²) in [6, 6.07) is 79.1. The van der Waals surface area contributed by atoms with E-state index < -0.39 is 0 Å². The molecule has 0 bridgehead atoms. The van der Waals surface area contributed by atoms with Crippen LogP contribution in [0.1, 0.15) is 0 Å². The third-order valence-corrected chi connectivity index (χ3v) is 13.0. The van der Waals surface area contributed by atoms with E-state index in [2.05, 4.69) is 223 Å². The summed E-state index contributed by atoms with van der Waals surface area (Å²) in [5.74, 6) is 0. The predicted octanol–water partition coefficient (Wildman–Crippen LogP) is 16.0. The highest BCUT2D eigenvalue weighted by Gasteiger charge is 2.17. The van der Waals surface area contributed by atoms with Crippen LogP contribution in [0.5, 0.6) is 0 Å². The van der Waals surface area contributed by atoms with Gasteiger partial charge in [0.1, 0.15) is 0 Å². The van der Waals surface area contributed by atoms with Gasteiger partial charge in [-0.3, -0.25) is 4.98 Å². The van der Waals surface area contributed by atoms with Crippen LogP contribution in [-0.4, -0.2) is 14.5 Å². The Balaban J connectivity index is 0.925. The molecule has 2 aromatic heterocycles. The molecule has 13 aromatic rings. The molecule has 0 fully saturated rings. The molecule has 0 aliphatic heterocycles. The maximum absolute atomic E-state index is 5.31. The van der Waals surface area contributed by atoms with Crippen molar-refractivity contribution in [3.63, 3.8) is 0 Å². The Morgan fingerprint density at radius 3 is 1.43 bits per heavy atom. The van der Waals surface area contributed by atoms with Gasteiger partial charge in [-0.05, 0) is 96.0 Å². The molecule has 13 rings (SSSR count). The molecule has 292 valence electrons. The van der Waals surface area contributed by atoms with Gasteiger partial charge in [-0.15, -0.1) is 0 Å². The third-order valence-electron chi connectivity index (χ3n) is 13.0. The van der Waals surface area contributed by atoms with Crippen LogP contribution in [0.25, 0.3) is 126 Å². The summed E-state index contributed by atoms with van der Waals surface area (Å²) in [6.07, 6.45) is 1.93. The molecule has 11 aromatic carbocycles. The largest absolute Gasteiger partial charge is 0.309 e. The lowest BCUT2D eigenvalue weighted by atomic mass is 9.89. The van der Waals surface area contributed by atoms with E-state index in [0.717, 1.165) is 44.3 Å². The second-order valence-electron chi connectivity index (χ2n) is 16.5. The molecule has 0 radical (unpaired) electrons. The van der Waals surface area contributed by atoms with Crippen LogP contribution in [0.4, 0.5) is 0 Å². The SMILES string of the molecule is c1ccc(-n2c3ccccc3c3ccc(-c4cccc5c(-c6cccc7c(-c8cccc(-c9cnc%10c%11ccccc%11c%11ccccc%11c%10n9)c8)cccc67)cccc45)cc32)cc1. The molecule has 2 heterocycles. The van der Waals surface area contributed by atoms with Crippen LogP contribution in [0.15, 0.2) is 225 Å². The van der Waals surface area contributed by atoms with Crippen molar-refractivity contribution in [2.45, 2.75) is 0 Å². The molecule has 0 saturated heterocycles. The van der Waals surface area contributed by atoms with Crippen LogP contribution in [0, 0.1) is 0 Å². The van der Waals surface area contributed by atoms with Crippen LogP contribution in [-0.2, 0) is 0 Å². The number of benzene rings is 11. The molecule has 0 unspecified atom stereocenters. The molecule has 0 atom stereocenters. The maximum Gasteiger partial charge on any atom is 0.0979 e. The van der Waals surface area contributed by atoms with Gasteiger partial charge in [0.15, 0.2) is 0 Å². The molecule has 3 heteroatoms. The zero-order valence-electron chi connectivity index (χ0n) is 34.2. The summed E-state index contributed by atoms with van der Waals surface area (Å²) < 4.78 is 2.40. The second kappa shape index (κ2) is 14.1. The molecule has 0 N–H and O–H groups in total. The van der Waals surface area contributed by atoms with Crippen LogP contribution < -0.4 is 0 Å². The highest BCUT2D eigenvalue weighted by atomic mass is 15.0. The molecule has 0 spiro atoms. The summed E-state index contributed by atoms with van der Waals surface area (Å²) in [4.78, 5) is 10.4. The van der Waals surface area contributed by atoms with E-state index in [9.17, 15) is 0 Å². The van der Waals surface area contributed by atoms with Gasteiger partial charge in [0.2, 0.25) is 0 Å². The van der Waals surface area contributed by atoms with Crippen LogP contribution in [0.2, 0.25) is 0 Å². The molecule has 3 nitrogen and oxygen atoms in total. The Labute approximate surface area is 363 Å². The van der Waals surface area contributed by atoms with Crippen molar-refractivity contribution in [3.05, 3.63) is 225 Å². The quantitative estimate of drug-likeness (QED) is 0.162. The number of aromatic nitrogens is 3. The lowest BCUT2D eigenvalue weighted by Crippen LogP contribution is -1.93.